The number of nitrogens with two attached hydrogens (primary N) is 1. The SMILES string of the molecule is CC(C)C1CCN(c2ccc(NC3CCC(N)CC3)nc2)CC1. The van der Waals surface area contributed by atoms with Crippen molar-refractivity contribution in [1.82, 2.24) is 4.98 Å². The van der Waals surface area contributed by atoms with Gasteiger partial charge >= 0.3 is 0 Å². The molecule has 2 heterocycles. The van der Waals surface area contributed by atoms with Gasteiger partial charge in [-0.05, 0) is 62.5 Å². The average molecular weight is 316 g/mol. The zero-order valence-electron chi connectivity index (χ0n) is 14.7. The lowest BCUT2D eigenvalue weighted by molar-refractivity contribution is 0.311. The number of hydrogen-bond donors (Lipinski definition) is 2. The van der Waals surface area contributed by atoms with Gasteiger partial charge in [0.1, 0.15) is 5.82 Å². The van der Waals surface area contributed by atoms with Crippen molar-refractivity contribution in [2.45, 2.75) is 64.5 Å². The van der Waals surface area contributed by atoms with E-state index in [2.05, 4.69) is 41.2 Å². The summed E-state index contributed by atoms with van der Waals surface area (Å²) >= 11 is 0. The molecule has 4 nitrogen and oxygen atoms in total. The maximum Gasteiger partial charge on any atom is 0.126 e. The molecule has 0 atom stereocenters. The normalized spacial score (nSPS) is 26.5. The summed E-state index contributed by atoms with van der Waals surface area (Å²) < 4.78 is 0. The molecule has 2 aliphatic rings. The Hall–Kier alpha value is -1.29. The lowest BCUT2D eigenvalue weighted by Gasteiger charge is -2.35. The summed E-state index contributed by atoms with van der Waals surface area (Å²) in [5.74, 6) is 2.70. The number of nitrogens with one attached hydrogen (secondary N) is 1. The molecule has 3 N–H and O–H groups in total. The van der Waals surface area contributed by atoms with E-state index < -0.39 is 0 Å². The molecule has 0 amide bonds. The van der Waals surface area contributed by atoms with Crippen molar-refractivity contribution in [1.29, 1.82) is 0 Å². The second kappa shape index (κ2) is 7.52. The molecule has 0 spiro atoms. The third kappa shape index (κ3) is 4.37. The second-order valence-corrected chi connectivity index (χ2v) is 7.73. The molecule has 1 aliphatic heterocycles. The van der Waals surface area contributed by atoms with Gasteiger partial charge in [0, 0.05) is 25.2 Å². The van der Waals surface area contributed by atoms with E-state index in [0.29, 0.717) is 12.1 Å². The second-order valence-electron chi connectivity index (χ2n) is 7.73. The predicted molar refractivity (Wildman–Crippen MR) is 97.9 cm³/mol. The molecule has 1 aromatic heterocycles. The van der Waals surface area contributed by atoms with E-state index in [1.54, 1.807) is 0 Å². The van der Waals surface area contributed by atoms with Crippen molar-refractivity contribution in [3.63, 3.8) is 0 Å². The van der Waals surface area contributed by atoms with Crippen molar-refractivity contribution < 1.29 is 0 Å². The first-order chi connectivity index (χ1) is 11.1. The molecular formula is C19H32N4. The lowest BCUT2D eigenvalue weighted by Crippen LogP contribution is -2.35. The van der Waals surface area contributed by atoms with Crippen LogP contribution in [-0.2, 0) is 0 Å². The molecule has 1 saturated carbocycles. The number of nitrogens with zero attached hydrogens (tertiary/aromatic N) is 2. The van der Waals surface area contributed by atoms with Crippen LogP contribution in [-0.4, -0.2) is 30.2 Å². The van der Waals surface area contributed by atoms with Crippen molar-refractivity contribution in [3.05, 3.63) is 18.3 Å². The number of rotatable bonds is 4. The minimum absolute atomic E-state index is 0.400. The van der Waals surface area contributed by atoms with E-state index in [1.807, 2.05) is 6.20 Å². The summed E-state index contributed by atoms with van der Waals surface area (Å²) in [6.45, 7) is 7.02. The molecule has 0 unspecified atom stereocenters. The van der Waals surface area contributed by atoms with Gasteiger partial charge in [0.2, 0.25) is 0 Å². The Bertz CT molecular complexity index is 469. The van der Waals surface area contributed by atoms with Gasteiger partial charge in [-0.1, -0.05) is 13.8 Å². The number of pyridine rings is 1. The predicted octanol–water partition coefficient (Wildman–Crippen LogP) is 3.64. The standard InChI is InChI=1S/C19H32N4/c1-14(2)15-9-11-23(12-10-15)18-7-8-19(21-13-18)22-17-5-3-16(20)4-6-17/h7-8,13-17H,3-6,9-12,20H2,1-2H3,(H,21,22). The monoisotopic (exact) mass is 316 g/mol. The maximum absolute atomic E-state index is 5.97. The molecule has 1 aliphatic carbocycles. The molecule has 1 aromatic rings. The van der Waals surface area contributed by atoms with Crippen LogP contribution in [0, 0.1) is 11.8 Å². The number of anilines is 2. The molecule has 1 saturated heterocycles. The van der Waals surface area contributed by atoms with Gasteiger partial charge < -0.3 is 16.0 Å². The number of aromatic nitrogens is 1. The van der Waals surface area contributed by atoms with Crippen LogP contribution < -0.4 is 16.0 Å². The topological polar surface area (TPSA) is 54.2 Å². The minimum Gasteiger partial charge on any atom is -0.370 e. The molecule has 2 fully saturated rings. The molecule has 23 heavy (non-hydrogen) atoms. The highest BCUT2D eigenvalue weighted by Crippen LogP contribution is 2.28. The fourth-order valence-corrected chi connectivity index (χ4v) is 3.96. The lowest BCUT2D eigenvalue weighted by atomic mass is 9.86. The quantitative estimate of drug-likeness (QED) is 0.890. The van der Waals surface area contributed by atoms with Gasteiger partial charge in [-0.15, -0.1) is 0 Å². The van der Waals surface area contributed by atoms with Crippen molar-refractivity contribution in [2.24, 2.45) is 17.6 Å². The zero-order valence-corrected chi connectivity index (χ0v) is 14.7. The van der Waals surface area contributed by atoms with Crippen LogP contribution in [0.1, 0.15) is 52.4 Å². The summed E-state index contributed by atoms with van der Waals surface area (Å²) in [6.07, 6.45) is 9.22. The van der Waals surface area contributed by atoms with Gasteiger partial charge in [0.15, 0.2) is 0 Å². The van der Waals surface area contributed by atoms with Crippen LogP contribution in [0.3, 0.4) is 0 Å². The fraction of sp³-hybridized carbons (Fsp3) is 0.737. The van der Waals surface area contributed by atoms with Crippen LogP contribution in [0.25, 0.3) is 0 Å². The average Bonchev–Trinajstić information content (AvgIpc) is 2.58. The third-order valence-corrected chi connectivity index (χ3v) is 5.72. The van der Waals surface area contributed by atoms with Gasteiger partial charge in [-0.3, -0.25) is 0 Å². The highest BCUT2D eigenvalue weighted by molar-refractivity contribution is 5.50. The van der Waals surface area contributed by atoms with E-state index in [1.165, 1.54) is 18.5 Å². The zero-order chi connectivity index (χ0) is 16.2. The minimum atomic E-state index is 0.400. The summed E-state index contributed by atoms with van der Waals surface area (Å²) in [4.78, 5) is 7.12. The molecule has 3 rings (SSSR count). The van der Waals surface area contributed by atoms with Crippen LogP contribution in [0.4, 0.5) is 11.5 Å². The summed E-state index contributed by atoms with van der Waals surface area (Å²) in [6, 6.07) is 5.30. The smallest absolute Gasteiger partial charge is 0.126 e. The van der Waals surface area contributed by atoms with E-state index in [0.717, 1.165) is 56.4 Å². The Morgan fingerprint density at radius 1 is 1.09 bits per heavy atom. The number of piperidine rings is 1. The Kier molecular flexibility index (Phi) is 5.42. The van der Waals surface area contributed by atoms with Crippen molar-refractivity contribution >= 4 is 11.5 Å². The molecule has 0 aromatic carbocycles. The Morgan fingerprint density at radius 3 is 2.35 bits per heavy atom. The molecule has 0 radical (unpaired) electrons. The Labute approximate surface area is 140 Å². The first-order valence-corrected chi connectivity index (χ1v) is 9.35. The highest BCUT2D eigenvalue weighted by atomic mass is 15.1. The number of hydrogen-bond acceptors (Lipinski definition) is 4. The van der Waals surface area contributed by atoms with Crippen LogP contribution in [0.2, 0.25) is 0 Å². The van der Waals surface area contributed by atoms with Gasteiger partial charge in [-0.25, -0.2) is 4.98 Å². The van der Waals surface area contributed by atoms with E-state index in [4.69, 9.17) is 5.73 Å². The summed E-state index contributed by atoms with van der Waals surface area (Å²) in [5, 5.41) is 3.57. The molecule has 0 bridgehead atoms. The van der Waals surface area contributed by atoms with E-state index >= 15 is 0 Å². The summed E-state index contributed by atoms with van der Waals surface area (Å²) in [7, 11) is 0. The van der Waals surface area contributed by atoms with Crippen LogP contribution >= 0.6 is 0 Å². The third-order valence-electron chi connectivity index (χ3n) is 5.72. The van der Waals surface area contributed by atoms with E-state index in [9.17, 15) is 0 Å². The van der Waals surface area contributed by atoms with Gasteiger partial charge in [0.05, 0.1) is 11.9 Å². The van der Waals surface area contributed by atoms with Crippen molar-refractivity contribution in [2.75, 3.05) is 23.3 Å². The van der Waals surface area contributed by atoms with Gasteiger partial charge in [-0.2, -0.15) is 0 Å². The maximum atomic E-state index is 5.97. The van der Waals surface area contributed by atoms with Gasteiger partial charge in [0.25, 0.3) is 0 Å². The Balaban J connectivity index is 1.51. The first-order valence-electron chi connectivity index (χ1n) is 9.35. The van der Waals surface area contributed by atoms with Crippen LogP contribution in [0.15, 0.2) is 18.3 Å². The highest BCUT2D eigenvalue weighted by Gasteiger charge is 2.22. The largest absolute Gasteiger partial charge is 0.370 e. The fourth-order valence-electron chi connectivity index (χ4n) is 3.96. The van der Waals surface area contributed by atoms with Crippen LogP contribution in [0.5, 0.6) is 0 Å². The Morgan fingerprint density at radius 2 is 1.78 bits per heavy atom. The molecule has 4 heteroatoms. The first kappa shape index (κ1) is 16.6. The van der Waals surface area contributed by atoms with E-state index in [-0.39, 0.29) is 0 Å². The van der Waals surface area contributed by atoms with Crippen molar-refractivity contribution in [3.8, 4) is 0 Å². The summed E-state index contributed by atoms with van der Waals surface area (Å²) in [5.41, 5.74) is 7.24. The molecule has 128 valence electrons. The molecular weight excluding hydrogens is 284 g/mol.